The van der Waals surface area contributed by atoms with Crippen molar-refractivity contribution in [2.24, 2.45) is 11.8 Å². The van der Waals surface area contributed by atoms with Crippen LogP contribution < -0.4 is 10.1 Å². The van der Waals surface area contributed by atoms with E-state index in [-0.39, 0.29) is 24.2 Å². The molecule has 1 aliphatic carbocycles. The van der Waals surface area contributed by atoms with Gasteiger partial charge in [0.15, 0.2) is 12.7 Å². The average molecular weight is 378 g/mol. The molecule has 0 heterocycles. The number of esters is 1. The monoisotopic (exact) mass is 378 g/mol. The van der Waals surface area contributed by atoms with Crippen LogP contribution in [-0.2, 0) is 14.3 Å². The summed E-state index contributed by atoms with van der Waals surface area (Å²) in [4.78, 5) is 34.2. The molecule has 1 aromatic carbocycles. The van der Waals surface area contributed by atoms with Crippen LogP contribution in [0.3, 0.4) is 0 Å². The SMILES string of the molecule is C[C@@H]1[C@H](C)CCC[C@@H]1NC(=O)[C@@H](C)OC(=O)COc1ccc([N+](=O)[O-])cc1. The largest absolute Gasteiger partial charge is 0.482 e. The number of ether oxygens (including phenoxy) is 2. The van der Waals surface area contributed by atoms with E-state index in [2.05, 4.69) is 19.2 Å². The number of nitrogens with one attached hydrogen (secondary N) is 1. The predicted molar refractivity (Wildman–Crippen MR) is 98.3 cm³/mol. The van der Waals surface area contributed by atoms with Gasteiger partial charge in [-0.05, 0) is 37.3 Å². The van der Waals surface area contributed by atoms with Crippen LogP contribution in [0.25, 0.3) is 0 Å². The molecule has 8 heteroatoms. The molecule has 1 aromatic rings. The van der Waals surface area contributed by atoms with Crippen molar-refractivity contribution in [1.82, 2.24) is 5.32 Å². The lowest BCUT2D eigenvalue weighted by molar-refractivity contribution is -0.384. The van der Waals surface area contributed by atoms with E-state index in [0.717, 1.165) is 19.3 Å². The third kappa shape index (κ3) is 5.94. The summed E-state index contributed by atoms with van der Waals surface area (Å²) in [6, 6.07) is 5.45. The molecule has 1 aliphatic rings. The number of benzene rings is 1. The van der Waals surface area contributed by atoms with E-state index in [1.54, 1.807) is 0 Å². The molecule has 8 nitrogen and oxygen atoms in total. The first-order chi connectivity index (χ1) is 12.8. The minimum atomic E-state index is -0.914. The number of non-ortho nitro benzene ring substituents is 1. The Kier molecular flexibility index (Phi) is 7.15. The molecule has 0 bridgehead atoms. The Hall–Kier alpha value is -2.64. The molecule has 0 radical (unpaired) electrons. The van der Waals surface area contributed by atoms with Crippen molar-refractivity contribution in [2.45, 2.75) is 52.2 Å². The van der Waals surface area contributed by atoms with E-state index in [0.29, 0.717) is 17.6 Å². The summed E-state index contributed by atoms with van der Waals surface area (Å²) < 4.78 is 10.4. The van der Waals surface area contributed by atoms with Gasteiger partial charge in [-0.2, -0.15) is 0 Å². The second-order valence-corrected chi connectivity index (χ2v) is 7.05. The molecular formula is C19H26N2O6. The van der Waals surface area contributed by atoms with Crippen molar-refractivity contribution in [3.05, 3.63) is 34.4 Å². The fourth-order valence-electron chi connectivity index (χ4n) is 3.18. The van der Waals surface area contributed by atoms with Gasteiger partial charge in [-0.3, -0.25) is 14.9 Å². The van der Waals surface area contributed by atoms with Crippen LogP contribution in [0.2, 0.25) is 0 Å². The van der Waals surface area contributed by atoms with Crippen LogP contribution in [-0.4, -0.2) is 35.6 Å². The van der Waals surface area contributed by atoms with Gasteiger partial charge in [-0.1, -0.05) is 26.7 Å². The van der Waals surface area contributed by atoms with Crippen molar-refractivity contribution in [3.8, 4) is 5.75 Å². The molecule has 0 spiro atoms. The van der Waals surface area contributed by atoms with Gasteiger partial charge in [0.1, 0.15) is 5.75 Å². The lowest BCUT2D eigenvalue weighted by Crippen LogP contribution is -2.47. The van der Waals surface area contributed by atoms with E-state index >= 15 is 0 Å². The number of carbonyl (C=O) groups is 2. The highest BCUT2D eigenvalue weighted by Gasteiger charge is 2.30. The Balaban J connectivity index is 1.77. The number of hydrogen-bond acceptors (Lipinski definition) is 6. The summed E-state index contributed by atoms with van der Waals surface area (Å²) in [6.07, 6.45) is 2.26. The molecule has 0 saturated heterocycles. The number of nitrogens with zero attached hydrogens (tertiary/aromatic N) is 1. The summed E-state index contributed by atoms with van der Waals surface area (Å²) in [5, 5.41) is 13.6. The molecule has 2 rings (SSSR count). The van der Waals surface area contributed by atoms with Crippen LogP contribution in [0.4, 0.5) is 5.69 Å². The molecule has 4 atom stereocenters. The lowest BCUT2D eigenvalue weighted by Gasteiger charge is -2.35. The zero-order chi connectivity index (χ0) is 20.0. The highest BCUT2D eigenvalue weighted by atomic mass is 16.6. The van der Waals surface area contributed by atoms with Crippen molar-refractivity contribution in [3.63, 3.8) is 0 Å². The van der Waals surface area contributed by atoms with Gasteiger partial charge in [0.05, 0.1) is 4.92 Å². The van der Waals surface area contributed by atoms with Crippen LogP contribution >= 0.6 is 0 Å². The van der Waals surface area contributed by atoms with E-state index in [9.17, 15) is 19.7 Å². The first-order valence-electron chi connectivity index (χ1n) is 9.15. The molecule has 148 valence electrons. The molecular weight excluding hydrogens is 352 g/mol. The second kappa shape index (κ2) is 9.34. The standard InChI is InChI=1S/C19H26N2O6/c1-12-5-4-6-17(13(12)2)20-19(23)14(3)27-18(22)11-26-16-9-7-15(8-10-16)21(24)25/h7-10,12-14,17H,4-6,11H2,1-3H3,(H,20,23)/t12-,13-,14-,17+/m1/s1. The molecule has 1 fully saturated rings. The van der Waals surface area contributed by atoms with Crippen LogP contribution in [0.1, 0.15) is 40.0 Å². The lowest BCUT2D eigenvalue weighted by atomic mass is 9.78. The van der Waals surface area contributed by atoms with Gasteiger partial charge in [0.2, 0.25) is 0 Å². The molecule has 1 saturated carbocycles. The number of nitro benzene ring substituents is 1. The van der Waals surface area contributed by atoms with Gasteiger partial charge < -0.3 is 14.8 Å². The fraction of sp³-hybridized carbons (Fsp3) is 0.579. The van der Waals surface area contributed by atoms with Crippen LogP contribution in [0, 0.1) is 22.0 Å². The van der Waals surface area contributed by atoms with Crippen molar-refractivity contribution in [2.75, 3.05) is 6.61 Å². The maximum absolute atomic E-state index is 12.3. The van der Waals surface area contributed by atoms with Crippen LogP contribution in [0.5, 0.6) is 5.75 Å². The van der Waals surface area contributed by atoms with E-state index in [1.807, 2.05) is 0 Å². The molecule has 0 unspecified atom stereocenters. The van der Waals surface area contributed by atoms with Gasteiger partial charge in [0, 0.05) is 18.2 Å². The van der Waals surface area contributed by atoms with Crippen molar-refractivity contribution >= 4 is 17.6 Å². The summed E-state index contributed by atoms with van der Waals surface area (Å²) in [5.74, 6) is 0.249. The second-order valence-electron chi connectivity index (χ2n) is 7.05. The van der Waals surface area contributed by atoms with Crippen molar-refractivity contribution < 1.29 is 24.0 Å². The molecule has 1 amide bonds. The summed E-state index contributed by atoms with van der Waals surface area (Å²) in [6.45, 7) is 5.45. The molecule has 1 N–H and O–H groups in total. The summed E-state index contributed by atoms with van der Waals surface area (Å²) in [7, 11) is 0. The Labute approximate surface area is 158 Å². The highest BCUT2D eigenvalue weighted by molar-refractivity contribution is 5.83. The Bertz CT molecular complexity index is 675. The van der Waals surface area contributed by atoms with Crippen LogP contribution in [0.15, 0.2) is 24.3 Å². The minimum Gasteiger partial charge on any atom is -0.482 e. The maximum Gasteiger partial charge on any atom is 0.344 e. The summed E-state index contributed by atoms with van der Waals surface area (Å²) in [5.41, 5.74) is -0.0681. The van der Waals surface area contributed by atoms with Gasteiger partial charge in [-0.15, -0.1) is 0 Å². The van der Waals surface area contributed by atoms with Gasteiger partial charge >= 0.3 is 5.97 Å². The number of nitro groups is 1. The van der Waals surface area contributed by atoms with Crippen molar-refractivity contribution in [1.29, 1.82) is 0 Å². The zero-order valence-electron chi connectivity index (χ0n) is 15.8. The predicted octanol–water partition coefficient (Wildman–Crippen LogP) is 2.85. The minimum absolute atomic E-state index is 0.0681. The molecule has 27 heavy (non-hydrogen) atoms. The quantitative estimate of drug-likeness (QED) is 0.444. The topological polar surface area (TPSA) is 108 Å². The normalized spacial score (nSPS) is 23.1. The van der Waals surface area contributed by atoms with E-state index < -0.39 is 17.0 Å². The average Bonchev–Trinajstić information content (AvgIpc) is 2.64. The van der Waals surface area contributed by atoms with E-state index in [1.165, 1.54) is 31.2 Å². The van der Waals surface area contributed by atoms with Gasteiger partial charge in [-0.25, -0.2) is 4.79 Å². The zero-order valence-corrected chi connectivity index (χ0v) is 15.8. The first kappa shape index (κ1) is 20.7. The summed E-state index contributed by atoms with van der Waals surface area (Å²) >= 11 is 0. The number of hydrogen-bond donors (Lipinski definition) is 1. The van der Waals surface area contributed by atoms with E-state index in [4.69, 9.17) is 9.47 Å². The molecule has 0 aliphatic heterocycles. The first-order valence-corrected chi connectivity index (χ1v) is 9.15. The smallest absolute Gasteiger partial charge is 0.344 e. The fourth-order valence-corrected chi connectivity index (χ4v) is 3.18. The third-order valence-electron chi connectivity index (χ3n) is 5.12. The Morgan fingerprint density at radius 3 is 2.56 bits per heavy atom. The highest BCUT2D eigenvalue weighted by Crippen LogP contribution is 2.29. The number of carbonyl (C=O) groups excluding carboxylic acids is 2. The Morgan fingerprint density at radius 1 is 1.26 bits per heavy atom. The number of rotatable bonds is 7. The number of amides is 1. The van der Waals surface area contributed by atoms with Gasteiger partial charge in [0.25, 0.3) is 11.6 Å². The maximum atomic E-state index is 12.3. The Morgan fingerprint density at radius 2 is 1.93 bits per heavy atom. The third-order valence-corrected chi connectivity index (χ3v) is 5.12. The molecule has 0 aromatic heterocycles.